The number of para-hydroxylation sites is 2. The van der Waals surface area contributed by atoms with Crippen LogP contribution in [-0.4, -0.2) is 5.97 Å². The first-order chi connectivity index (χ1) is 9.08. The summed E-state index contributed by atoms with van der Waals surface area (Å²) in [6, 6.07) is 13.2. The number of esters is 1. The Bertz CT molecular complexity index is 603. The van der Waals surface area contributed by atoms with Gasteiger partial charge in [0.25, 0.3) is 0 Å². The summed E-state index contributed by atoms with van der Waals surface area (Å²) in [5.74, 6) is 1.41. The Kier molecular flexibility index (Phi) is 3.85. The van der Waals surface area contributed by atoms with Crippen LogP contribution in [0, 0.1) is 13.8 Å². The van der Waals surface area contributed by atoms with E-state index in [1.165, 1.54) is 6.92 Å². The average molecular weight is 256 g/mol. The number of hydrogen-bond donors (Lipinski definition) is 0. The summed E-state index contributed by atoms with van der Waals surface area (Å²) in [4.78, 5) is 11.2. The zero-order valence-corrected chi connectivity index (χ0v) is 11.3. The molecule has 0 bridgehead atoms. The van der Waals surface area contributed by atoms with Gasteiger partial charge in [-0.15, -0.1) is 0 Å². The molecule has 0 aliphatic carbocycles. The maximum absolute atomic E-state index is 11.2. The number of benzene rings is 2. The molecule has 0 heterocycles. The van der Waals surface area contributed by atoms with Crippen LogP contribution < -0.4 is 9.47 Å². The van der Waals surface area contributed by atoms with Crippen LogP contribution in [0.1, 0.15) is 18.1 Å². The molecule has 0 spiro atoms. The number of rotatable bonds is 3. The van der Waals surface area contributed by atoms with Crippen molar-refractivity contribution >= 4 is 5.97 Å². The fourth-order valence-electron chi connectivity index (χ4n) is 1.77. The Labute approximate surface area is 112 Å². The highest BCUT2D eigenvalue weighted by molar-refractivity contribution is 5.71. The van der Waals surface area contributed by atoms with Crippen LogP contribution in [0.4, 0.5) is 0 Å². The molecule has 0 aliphatic rings. The van der Waals surface area contributed by atoms with Gasteiger partial charge in [-0.1, -0.05) is 30.3 Å². The summed E-state index contributed by atoms with van der Waals surface area (Å²) in [6.45, 7) is 5.23. The van der Waals surface area contributed by atoms with Crippen molar-refractivity contribution in [2.75, 3.05) is 0 Å². The zero-order valence-electron chi connectivity index (χ0n) is 11.3. The smallest absolute Gasteiger partial charge is 0.308 e. The third kappa shape index (κ3) is 3.13. The van der Waals surface area contributed by atoms with E-state index in [1.807, 2.05) is 50.2 Å². The summed E-state index contributed by atoms with van der Waals surface area (Å²) in [5.41, 5.74) is 1.89. The van der Waals surface area contributed by atoms with Gasteiger partial charge in [-0.2, -0.15) is 0 Å². The predicted molar refractivity (Wildman–Crippen MR) is 73.7 cm³/mol. The Morgan fingerprint density at radius 2 is 1.53 bits per heavy atom. The van der Waals surface area contributed by atoms with Gasteiger partial charge in [-0.25, -0.2) is 0 Å². The minimum absolute atomic E-state index is 0.357. The highest BCUT2D eigenvalue weighted by Gasteiger charge is 2.12. The molecule has 2 aromatic carbocycles. The van der Waals surface area contributed by atoms with Crippen molar-refractivity contribution in [3.05, 3.63) is 53.6 Å². The van der Waals surface area contributed by atoms with Gasteiger partial charge in [0, 0.05) is 6.92 Å². The number of carbonyl (C=O) groups excluding carboxylic acids is 1. The van der Waals surface area contributed by atoms with Crippen molar-refractivity contribution in [3.8, 4) is 17.2 Å². The second-order valence-electron chi connectivity index (χ2n) is 4.36. The molecule has 0 fully saturated rings. The first-order valence-electron chi connectivity index (χ1n) is 6.09. The van der Waals surface area contributed by atoms with Crippen LogP contribution in [0.25, 0.3) is 0 Å². The van der Waals surface area contributed by atoms with Crippen LogP contribution >= 0.6 is 0 Å². The maximum Gasteiger partial charge on any atom is 0.308 e. The standard InChI is InChI=1S/C16H16O3/c1-11-7-4-5-9-14(11)19-15-10-6-8-12(2)16(15)18-13(3)17/h4-10H,1-3H3. The quantitative estimate of drug-likeness (QED) is 0.614. The summed E-state index contributed by atoms with van der Waals surface area (Å²) in [5, 5.41) is 0. The molecule has 3 nitrogen and oxygen atoms in total. The first-order valence-corrected chi connectivity index (χ1v) is 6.09. The first kappa shape index (κ1) is 13.1. The van der Waals surface area contributed by atoms with Crippen LogP contribution in [0.3, 0.4) is 0 Å². The summed E-state index contributed by atoms with van der Waals surface area (Å²) in [6.07, 6.45) is 0. The van der Waals surface area contributed by atoms with Crippen LogP contribution in [0.15, 0.2) is 42.5 Å². The number of ether oxygens (including phenoxy) is 2. The molecule has 0 saturated heterocycles. The lowest BCUT2D eigenvalue weighted by molar-refractivity contribution is -0.132. The third-order valence-electron chi connectivity index (χ3n) is 2.74. The molecule has 0 unspecified atom stereocenters. The molecule has 2 rings (SSSR count). The molecule has 2 aromatic rings. The summed E-state index contributed by atoms with van der Waals surface area (Å²) >= 11 is 0. The highest BCUT2D eigenvalue weighted by Crippen LogP contribution is 2.35. The molecule has 0 aliphatic heterocycles. The minimum atomic E-state index is -0.357. The van der Waals surface area contributed by atoms with E-state index in [2.05, 4.69) is 0 Å². The fourth-order valence-corrected chi connectivity index (χ4v) is 1.77. The van der Waals surface area contributed by atoms with Crippen molar-refractivity contribution < 1.29 is 14.3 Å². The third-order valence-corrected chi connectivity index (χ3v) is 2.74. The fraction of sp³-hybridized carbons (Fsp3) is 0.188. The Morgan fingerprint density at radius 1 is 0.895 bits per heavy atom. The van der Waals surface area contributed by atoms with Crippen molar-refractivity contribution in [1.29, 1.82) is 0 Å². The van der Waals surface area contributed by atoms with E-state index in [1.54, 1.807) is 6.07 Å². The van der Waals surface area contributed by atoms with E-state index in [9.17, 15) is 4.79 Å². The minimum Gasteiger partial charge on any atom is -0.453 e. The second kappa shape index (κ2) is 5.57. The molecule has 0 amide bonds. The molecule has 0 N–H and O–H groups in total. The lowest BCUT2D eigenvalue weighted by atomic mass is 10.2. The molecule has 19 heavy (non-hydrogen) atoms. The number of carbonyl (C=O) groups is 1. The molecule has 0 radical (unpaired) electrons. The van der Waals surface area contributed by atoms with Gasteiger partial charge in [0.1, 0.15) is 5.75 Å². The van der Waals surface area contributed by atoms with Gasteiger partial charge >= 0.3 is 5.97 Å². The van der Waals surface area contributed by atoms with E-state index in [0.29, 0.717) is 11.5 Å². The lowest BCUT2D eigenvalue weighted by Crippen LogP contribution is -2.04. The molecular formula is C16H16O3. The van der Waals surface area contributed by atoms with E-state index >= 15 is 0 Å². The topological polar surface area (TPSA) is 35.5 Å². The lowest BCUT2D eigenvalue weighted by Gasteiger charge is -2.13. The molecule has 0 atom stereocenters. The molecule has 98 valence electrons. The van der Waals surface area contributed by atoms with Gasteiger partial charge in [0.05, 0.1) is 0 Å². The van der Waals surface area contributed by atoms with Gasteiger partial charge in [0.2, 0.25) is 0 Å². The van der Waals surface area contributed by atoms with Crippen molar-refractivity contribution in [2.24, 2.45) is 0 Å². The predicted octanol–water partition coefficient (Wildman–Crippen LogP) is 4.02. The number of aryl methyl sites for hydroxylation is 2. The zero-order chi connectivity index (χ0) is 13.8. The highest BCUT2D eigenvalue weighted by atomic mass is 16.6. The SMILES string of the molecule is CC(=O)Oc1c(C)cccc1Oc1ccccc1C. The Morgan fingerprint density at radius 3 is 2.21 bits per heavy atom. The Balaban J connectivity index is 2.37. The van der Waals surface area contributed by atoms with Gasteiger partial charge < -0.3 is 9.47 Å². The molecular weight excluding hydrogens is 240 g/mol. The van der Waals surface area contributed by atoms with Crippen LogP contribution in [0.5, 0.6) is 17.2 Å². The number of hydrogen-bond acceptors (Lipinski definition) is 3. The monoisotopic (exact) mass is 256 g/mol. The van der Waals surface area contributed by atoms with Crippen molar-refractivity contribution in [3.63, 3.8) is 0 Å². The molecule has 3 heteroatoms. The van der Waals surface area contributed by atoms with E-state index in [4.69, 9.17) is 9.47 Å². The molecule has 0 saturated carbocycles. The second-order valence-corrected chi connectivity index (χ2v) is 4.36. The summed E-state index contributed by atoms with van der Waals surface area (Å²) < 4.78 is 11.1. The van der Waals surface area contributed by atoms with Gasteiger partial charge in [-0.3, -0.25) is 4.79 Å². The van der Waals surface area contributed by atoms with E-state index in [-0.39, 0.29) is 5.97 Å². The van der Waals surface area contributed by atoms with Crippen LogP contribution in [-0.2, 0) is 4.79 Å². The molecule has 0 aromatic heterocycles. The largest absolute Gasteiger partial charge is 0.453 e. The Hall–Kier alpha value is -2.29. The van der Waals surface area contributed by atoms with Crippen molar-refractivity contribution in [1.82, 2.24) is 0 Å². The van der Waals surface area contributed by atoms with Gasteiger partial charge in [0.15, 0.2) is 11.5 Å². The maximum atomic E-state index is 11.2. The van der Waals surface area contributed by atoms with E-state index in [0.717, 1.165) is 16.9 Å². The average Bonchev–Trinajstić information content (AvgIpc) is 2.36. The van der Waals surface area contributed by atoms with Crippen molar-refractivity contribution in [2.45, 2.75) is 20.8 Å². The van der Waals surface area contributed by atoms with Gasteiger partial charge in [-0.05, 0) is 37.1 Å². The summed E-state index contributed by atoms with van der Waals surface area (Å²) in [7, 11) is 0. The normalized spacial score (nSPS) is 10.1. The van der Waals surface area contributed by atoms with Crippen LogP contribution in [0.2, 0.25) is 0 Å². The van der Waals surface area contributed by atoms with E-state index < -0.39 is 0 Å².